The zero-order valence-corrected chi connectivity index (χ0v) is 14.4. The second-order valence-electron chi connectivity index (χ2n) is 6.03. The topological polar surface area (TPSA) is 71.7 Å². The van der Waals surface area contributed by atoms with Crippen molar-refractivity contribution in [1.82, 2.24) is 0 Å². The van der Waals surface area contributed by atoms with Crippen molar-refractivity contribution >= 4 is 22.4 Å². The fourth-order valence-corrected chi connectivity index (χ4v) is 2.75. The molecule has 27 heavy (non-hydrogen) atoms. The molecule has 1 aromatic heterocycles. The summed E-state index contributed by atoms with van der Waals surface area (Å²) in [5, 5.41) is 14.6. The van der Waals surface area contributed by atoms with E-state index < -0.39 is 5.91 Å². The Bertz CT molecular complexity index is 1100. The Morgan fingerprint density at radius 2 is 1.70 bits per heavy atom. The van der Waals surface area contributed by atoms with Crippen LogP contribution < -0.4 is 10.1 Å². The molecule has 0 aliphatic heterocycles. The quantitative estimate of drug-likeness (QED) is 0.494. The summed E-state index contributed by atoms with van der Waals surface area (Å²) >= 11 is 0. The number of amides is 1. The normalized spacial score (nSPS) is 10.7. The number of rotatable bonds is 5. The SMILES string of the molecule is O=C(Nc1ccccc1O)c1ccc(COc2ccc3ccccc3c2)o1. The van der Waals surface area contributed by atoms with Gasteiger partial charge in [-0.1, -0.05) is 42.5 Å². The van der Waals surface area contributed by atoms with Gasteiger partial charge in [-0.05, 0) is 47.2 Å². The minimum absolute atomic E-state index is 0.00253. The van der Waals surface area contributed by atoms with Gasteiger partial charge in [-0.2, -0.15) is 0 Å². The molecule has 0 fully saturated rings. The lowest BCUT2D eigenvalue weighted by molar-refractivity contribution is 0.0992. The fourth-order valence-electron chi connectivity index (χ4n) is 2.75. The first kappa shape index (κ1) is 16.7. The number of aromatic hydroxyl groups is 1. The van der Waals surface area contributed by atoms with Gasteiger partial charge in [0.1, 0.15) is 23.9 Å². The summed E-state index contributed by atoms with van der Waals surface area (Å²) in [6.45, 7) is 0.211. The first-order valence-corrected chi connectivity index (χ1v) is 8.49. The molecule has 0 unspecified atom stereocenters. The highest BCUT2D eigenvalue weighted by Crippen LogP contribution is 2.24. The zero-order valence-electron chi connectivity index (χ0n) is 14.4. The maximum absolute atomic E-state index is 12.2. The van der Waals surface area contributed by atoms with Gasteiger partial charge in [-0.25, -0.2) is 0 Å². The smallest absolute Gasteiger partial charge is 0.291 e. The maximum Gasteiger partial charge on any atom is 0.291 e. The van der Waals surface area contributed by atoms with E-state index in [1.165, 1.54) is 6.07 Å². The van der Waals surface area contributed by atoms with Gasteiger partial charge < -0.3 is 19.6 Å². The van der Waals surface area contributed by atoms with Crippen LogP contribution in [0.15, 0.2) is 83.3 Å². The van der Waals surface area contributed by atoms with Crippen molar-refractivity contribution in [3.8, 4) is 11.5 Å². The highest BCUT2D eigenvalue weighted by molar-refractivity contribution is 6.03. The highest BCUT2D eigenvalue weighted by Gasteiger charge is 2.13. The van der Waals surface area contributed by atoms with Gasteiger partial charge in [0.25, 0.3) is 5.91 Å². The number of ether oxygens (including phenoxy) is 1. The Balaban J connectivity index is 1.41. The Labute approximate surface area is 155 Å². The molecule has 1 amide bonds. The van der Waals surface area contributed by atoms with Gasteiger partial charge in [-0.3, -0.25) is 4.79 Å². The Morgan fingerprint density at radius 1 is 0.926 bits per heavy atom. The van der Waals surface area contributed by atoms with Gasteiger partial charge >= 0.3 is 0 Å². The maximum atomic E-state index is 12.2. The molecule has 1 heterocycles. The first-order valence-electron chi connectivity index (χ1n) is 8.49. The van der Waals surface area contributed by atoms with E-state index in [2.05, 4.69) is 5.32 Å². The molecule has 4 rings (SSSR count). The number of furan rings is 1. The fraction of sp³-hybridized carbons (Fsp3) is 0.0455. The van der Waals surface area contributed by atoms with Crippen molar-refractivity contribution in [1.29, 1.82) is 0 Å². The number of para-hydroxylation sites is 2. The molecule has 0 radical (unpaired) electrons. The number of carbonyl (C=O) groups excluding carboxylic acids is 1. The molecule has 0 bridgehead atoms. The number of hydrogen-bond donors (Lipinski definition) is 2. The van der Waals surface area contributed by atoms with Gasteiger partial charge in [0.15, 0.2) is 5.76 Å². The highest BCUT2D eigenvalue weighted by atomic mass is 16.5. The molecule has 2 N–H and O–H groups in total. The van der Waals surface area contributed by atoms with E-state index in [0.717, 1.165) is 16.5 Å². The van der Waals surface area contributed by atoms with E-state index in [9.17, 15) is 9.90 Å². The van der Waals surface area contributed by atoms with E-state index in [4.69, 9.17) is 9.15 Å². The predicted octanol–water partition coefficient (Wildman–Crippen LogP) is 4.97. The average Bonchev–Trinajstić information content (AvgIpc) is 3.17. The van der Waals surface area contributed by atoms with Crippen LogP contribution in [-0.2, 0) is 6.61 Å². The Kier molecular flexibility index (Phi) is 4.49. The minimum Gasteiger partial charge on any atom is -0.506 e. The third-order valence-electron chi connectivity index (χ3n) is 4.14. The van der Waals surface area contributed by atoms with Crippen LogP contribution in [0.3, 0.4) is 0 Å². The average molecular weight is 359 g/mol. The van der Waals surface area contributed by atoms with Crippen molar-refractivity contribution in [3.05, 3.63) is 90.4 Å². The molecule has 0 spiro atoms. The van der Waals surface area contributed by atoms with Crippen LogP contribution in [0.5, 0.6) is 11.5 Å². The predicted molar refractivity (Wildman–Crippen MR) is 103 cm³/mol. The van der Waals surface area contributed by atoms with Gasteiger partial charge in [0.2, 0.25) is 0 Å². The number of carbonyl (C=O) groups is 1. The number of fused-ring (bicyclic) bond motifs is 1. The Morgan fingerprint density at radius 3 is 2.56 bits per heavy atom. The van der Waals surface area contributed by atoms with E-state index in [1.54, 1.807) is 30.3 Å². The largest absolute Gasteiger partial charge is 0.506 e. The molecule has 4 aromatic rings. The molecular formula is C22H17NO4. The molecule has 5 nitrogen and oxygen atoms in total. The van der Waals surface area contributed by atoms with Crippen LogP contribution >= 0.6 is 0 Å². The van der Waals surface area contributed by atoms with Crippen molar-refractivity contribution < 1.29 is 19.1 Å². The number of nitrogens with one attached hydrogen (secondary N) is 1. The summed E-state index contributed by atoms with van der Waals surface area (Å²) in [5.74, 6) is 0.969. The number of phenols is 1. The molecule has 3 aromatic carbocycles. The molecule has 0 aliphatic rings. The second kappa shape index (κ2) is 7.25. The lowest BCUT2D eigenvalue weighted by atomic mass is 10.1. The summed E-state index contributed by atoms with van der Waals surface area (Å²) < 4.78 is 11.3. The number of hydrogen-bond acceptors (Lipinski definition) is 4. The lowest BCUT2D eigenvalue weighted by Gasteiger charge is -2.06. The Hall–Kier alpha value is -3.73. The van der Waals surface area contributed by atoms with E-state index >= 15 is 0 Å². The zero-order chi connectivity index (χ0) is 18.6. The summed E-state index contributed by atoms with van der Waals surface area (Å²) in [6, 6.07) is 23.7. The summed E-state index contributed by atoms with van der Waals surface area (Å²) in [5.41, 5.74) is 0.327. The molecule has 134 valence electrons. The molecule has 0 saturated heterocycles. The molecule has 0 saturated carbocycles. The van der Waals surface area contributed by atoms with Gasteiger partial charge in [-0.15, -0.1) is 0 Å². The van der Waals surface area contributed by atoms with Crippen LogP contribution in [0.4, 0.5) is 5.69 Å². The summed E-state index contributed by atoms with van der Waals surface area (Å²) in [7, 11) is 0. The van der Waals surface area contributed by atoms with Crippen LogP contribution in [0.2, 0.25) is 0 Å². The van der Waals surface area contributed by atoms with Crippen molar-refractivity contribution in [2.45, 2.75) is 6.61 Å². The third kappa shape index (κ3) is 3.77. The lowest BCUT2D eigenvalue weighted by Crippen LogP contribution is -2.10. The third-order valence-corrected chi connectivity index (χ3v) is 4.14. The minimum atomic E-state index is -0.437. The molecule has 0 atom stereocenters. The second-order valence-corrected chi connectivity index (χ2v) is 6.03. The van der Waals surface area contributed by atoms with Crippen LogP contribution in [-0.4, -0.2) is 11.0 Å². The number of benzene rings is 3. The summed E-state index contributed by atoms with van der Waals surface area (Å²) in [6.07, 6.45) is 0. The van der Waals surface area contributed by atoms with Crippen LogP contribution in [0, 0.1) is 0 Å². The van der Waals surface area contributed by atoms with E-state index in [0.29, 0.717) is 11.4 Å². The van der Waals surface area contributed by atoms with Gasteiger partial charge in [0, 0.05) is 0 Å². The molecular weight excluding hydrogens is 342 g/mol. The van der Waals surface area contributed by atoms with Crippen LogP contribution in [0.1, 0.15) is 16.3 Å². The number of phenolic OH excluding ortho intramolecular Hbond substituents is 1. The van der Waals surface area contributed by atoms with Crippen LogP contribution in [0.25, 0.3) is 10.8 Å². The molecule has 0 aliphatic carbocycles. The summed E-state index contributed by atoms with van der Waals surface area (Å²) in [4.78, 5) is 12.2. The van der Waals surface area contributed by atoms with Crippen molar-refractivity contribution in [2.75, 3.05) is 5.32 Å². The number of anilines is 1. The van der Waals surface area contributed by atoms with E-state index in [1.807, 2.05) is 42.5 Å². The van der Waals surface area contributed by atoms with Crippen molar-refractivity contribution in [2.24, 2.45) is 0 Å². The first-order chi connectivity index (χ1) is 13.2. The monoisotopic (exact) mass is 359 g/mol. The van der Waals surface area contributed by atoms with Gasteiger partial charge in [0.05, 0.1) is 5.69 Å². The van der Waals surface area contributed by atoms with E-state index in [-0.39, 0.29) is 18.1 Å². The van der Waals surface area contributed by atoms with Crippen molar-refractivity contribution in [3.63, 3.8) is 0 Å². The molecule has 5 heteroatoms. The standard InChI is InChI=1S/C22H17NO4/c24-20-8-4-3-7-19(20)23-22(25)21-12-11-18(27-21)14-26-17-10-9-15-5-1-2-6-16(15)13-17/h1-13,24H,14H2,(H,23,25).